The summed E-state index contributed by atoms with van der Waals surface area (Å²) in [5.74, 6) is -0.577. The average molecular weight is 992 g/mol. The minimum Gasteiger partial charge on any atom is -0.459 e. The number of carbonyl (C=O) groups is 1. The summed E-state index contributed by atoms with van der Waals surface area (Å²) in [4.78, 5) is 24.1. The Labute approximate surface area is 434 Å². The Morgan fingerprint density at radius 3 is 2.34 bits per heavy atom. The summed E-state index contributed by atoms with van der Waals surface area (Å²) < 4.78 is 27.8. The molecule has 6 aromatic rings. The first-order chi connectivity index (χ1) is 36.4. The van der Waals surface area contributed by atoms with Gasteiger partial charge >= 0.3 is 0 Å². The van der Waals surface area contributed by atoms with Gasteiger partial charge in [0.15, 0.2) is 0 Å². The Morgan fingerprint density at radius 2 is 1.58 bits per heavy atom. The van der Waals surface area contributed by atoms with Gasteiger partial charge in [-0.2, -0.15) is 5.26 Å². The van der Waals surface area contributed by atoms with Crippen LogP contribution in [0, 0.1) is 29.1 Å². The Bertz CT molecular complexity index is 2990. The monoisotopic (exact) mass is 991 g/mol. The van der Waals surface area contributed by atoms with Gasteiger partial charge in [-0.1, -0.05) is 115 Å². The molecule has 11 nitrogen and oxygen atoms in total. The summed E-state index contributed by atoms with van der Waals surface area (Å²) >= 11 is 0. The van der Waals surface area contributed by atoms with E-state index in [0.717, 1.165) is 77.1 Å². The smallest absolute Gasteiger partial charge is 0.254 e. The fraction of sp³-hybridized carbons (Fsp3) is 0.349. The maximum atomic E-state index is 15.8. The zero-order valence-electron chi connectivity index (χ0n) is 41.9. The number of oxime groups is 1. The number of unbranched alkanes of at least 4 members (excludes halogenated alkanes) is 2. The van der Waals surface area contributed by atoms with E-state index in [1.54, 1.807) is 30.3 Å². The van der Waals surface area contributed by atoms with Crippen LogP contribution in [0.15, 0.2) is 169 Å². The lowest BCUT2D eigenvalue weighted by Gasteiger charge is -2.60. The van der Waals surface area contributed by atoms with Crippen LogP contribution in [0.5, 0.6) is 17.2 Å². The normalized spacial score (nSPS) is 23.4. The Balaban J connectivity index is 1.17. The van der Waals surface area contributed by atoms with Gasteiger partial charge in [0.1, 0.15) is 23.3 Å². The first-order valence-electron chi connectivity index (χ1n) is 26.4. The number of aliphatic hydroxyl groups is 2. The molecule has 1 saturated carbocycles. The first kappa shape index (κ1) is 50.5. The summed E-state index contributed by atoms with van der Waals surface area (Å²) in [6.45, 7) is 5.19. The summed E-state index contributed by atoms with van der Waals surface area (Å²) in [6.07, 6.45) is 10.9. The van der Waals surface area contributed by atoms with E-state index in [9.17, 15) is 15.5 Å². The van der Waals surface area contributed by atoms with E-state index in [1.807, 2.05) is 65.6 Å². The quantitative estimate of drug-likeness (QED) is 0.0434. The minimum absolute atomic E-state index is 0.00657. The number of amides is 1. The van der Waals surface area contributed by atoms with Crippen LogP contribution in [0.1, 0.15) is 97.2 Å². The Hall–Kier alpha value is -7.07. The summed E-state index contributed by atoms with van der Waals surface area (Å²) in [7, 11) is 0. The Kier molecular flexibility index (Phi) is 16.0. The molecule has 1 amide bonds. The predicted octanol–water partition coefficient (Wildman–Crippen LogP) is 12.7. The molecule has 74 heavy (non-hydrogen) atoms. The van der Waals surface area contributed by atoms with E-state index in [-0.39, 0.29) is 56.4 Å². The molecule has 380 valence electrons. The number of nitrogens with zero attached hydrogens (tertiary/aromatic N) is 3. The lowest BCUT2D eigenvalue weighted by molar-refractivity contribution is -0.255. The van der Waals surface area contributed by atoms with Crippen LogP contribution in [-0.2, 0) is 20.9 Å². The van der Waals surface area contributed by atoms with Gasteiger partial charge in [0.2, 0.25) is 12.1 Å². The molecule has 2 heterocycles. The molecule has 0 bridgehead atoms. The van der Waals surface area contributed by atoms with E-state index in [4.69, 9.17) is 28.9 Å². The topological polar surface area (TPSA) is 143 Å². The molecule has 0 radical (unpaired) electrons. The second-order valence-electron chi connectivity index (χ2n) is 19.9. The highest BCUT2D eigenvalue weighted by molar-refractivity contribution is 6.03. The number of aliphatic hydroxyl groups excluding tert-OH is 2. The number of rotatable bonds is 20. The Morgan fingerprint density at radius 1 is 0.838 bits per heavy atom. The molecule has 2 fully saturated rings. The SMILES string of the molecule is C=CCO[C@@]12Oc3ccc(Oc4ccc(-c5ccccc5)cc4)cc3[C@H]3[C@H](CCCCO)[C@@H](CCCCO)C=C(C(=NOC4CCCCO4)C[C@@H]1N(Cc1cccc4ccccc14)C(=O)c1ccc(C#N)cc1)[C@H]32. The van der Waals surface area contributed by atoms with Gasteiger partial charge in [0, 0.05) is 49.6 Å². The van der Waals surface area contributed by atoms with Gasteiger partial charge in [-0.25, -0.2) is 0 Å². The van der Waals surface area contributed by atoms with Crippen LogP contribution in [-0.4, -0.2) is 71.3 Å². The molecule has 2 aliphatic carbocycles. The fourth-order valence-corrected chi connectivity index (χ4v) is 11.9. The van der Waals surface area contributed by atoms with Crippen molar-refractivity contribution in [3.05, 3.63) is 186 Å². The standard InChI is InChI=1S/C63H65N3O8/c1-2-36-71-63-58(66(62(69)47-26-24-43(41-64)25-27-47)42-49-20-14-19-46-17-6-7-21-52(46)49)40-56(65-74-59-23-10-13-37-70-59)54-38-48(18-8-11-34-67)53(22-9-12-35-68)60(61(54)63)55-39-51(32-33-57(55)73-63)72-50-30-28-45(29-31-50)44-15-4-3-5-16-44/h2-7,14-17,19-21,24-33,38-39,48,53,58-61,67-68H,1,8-13,18,22-23,34-37,40,42H2/t48-,53+,58-,59?,60+,61+,63+/m0/s1. The van der Waals surface area contributed by atoms with Crippen LogP contribution in [0.4, 0.5) is 0 Å². The van der Waals surface area contributed by atoms with Crippen LogP contribution in [0.25, 0.3) is 21.9 Å². The van der Waals surface area contributed by atoms with Crippen LogP contribution >= 0.6 is 0 Å². The number of carbonyl (C=O) groups excluding carboxylic acids is 1. The molecule has 11 heteroatoms. The van der Waals surface area contributed by atoms with E-state index in [1.165, 1.54) is 0 Å². The van der Waals surface area contributed by atoms with Crippen molar-refractivity contribution in [1.29, 1.82) is 5.26 Å². The summed E-state index contributed by atoms with van der Waals surface area (Å²) in [6, 6.07) is 46.9. The van der Waals surface area contributed by atoms with Crippen molar-refractivity contribution < 1.29 is 38.8 Å². The third-order valence-corrected chi connectivity index (χ3v) is 15.4. The lowest BCUT2D eigenvalue weighted by Crippen LogP contribution is -2.70. The second kappa shape index (κ2) is 23.4. The maximum absolute atomic E-state index is 15.8. The van der Waals surface area contributed by atoms with Gasteiger partial charge in [0.25, 0.3) is 5.91 Å². The molecule has 10 rings (SSSR count). The van der Waals surface area contributed by atoms with Crippen LogP contribution in [0.2, 0.25) is 0 Å². The van der Waals surface area contributed by atoms with Crippen molar-refractivity contribution in [3.8, 4) is 34.4 Å². The third-order valence-electron chi connectivity index (χ3n) is 15.4. The molecule has 0 spiro atoms. The van der Waals surface area contributed by atoms with Crippen LogP contribution < -0.4 is 9.47 Å². The molecule has 6 aromatic carbocycles. The number of hydrogen-bond acceptors (Lipinski definition) is 10. The van der Waals surface area contributed by atoms with Gasteiger partial charge in [-0.15, -0.1) is 6.58 Å². The van der Waals surface area contributed by atoms with Crippen molar-refractivity contribution in [3.63, 3.8) is 0 Å². The van der Waals surface area contributed by atoms with Crippen molar-refractivity contribution in [2.24, 2.45) is 22.9 Å². The molecular weight excluding hydrogens is 927 g/mol. The molecule has 1 saturated heterocycles. The van der Waals surface area contributed by atoms with E-state index >= 15 is 4.79 Å². The fourth-order valence-electron chi connectivity index (χ4n) is 11.9. The van der Waals surface area contributed by atoms with E-state index < -0.39 is 24.0 Å². The van der Waals surface area contributed by atoms with Gasteiger partial charge in [0.05, 0.1) is 36.5 Å². The largest absolute Gasteiger partial charge is 0.459 e. The number of fused-ring (bicyclic) bond motifs is 3. The zero-order valence-corrected chi connectivity index (χ0v) is 41.9. The molecular formula is C63H65N3O8. The summed E-state index contributed by atoms with van der Waals surface area (Å²) in [5.41, 5.74) is 6.58. The number of allylic oxidation sites excluding steroid dienone is 1. The number of ether oxygens (including phenoxy) is 4. The predicted molar refractivity (Wildman–Crippen MR) is 287 cm³/mol. The van der Waals surface area contributed by atoms with E-state index in [0.29, 0.717) is 60.0 Å². The maximum Gasteiger partial charge on any atom is 0.254 e. The number of nitriles is 1. The van der Waals surface area contributed by atoms with Gasteiger partial charge in [-0.3, -0.25) is 4.79 Å². The van der Waals surface area contributed by atoms with Crippen LogP contribution in [0.3, 0.4) is 0 Å². The van der Waals surface area contributed by atoms with Crippen molar-refractivity contribution in [2.45, 2.75) is 94.8 Å². The van der Waals surface area contributed by atoms with Crippen molar-refractivity contribution in [2.75, 3.05) is 26.4 Å². The van der Waals surface area contributed by atoms with Crippen molar-refractivity contribution in [1.82, 2.24) is 4.90 Å². The average Bonchev–Trinajstić information content (AvgIpc) is 3.45. The zero-order chi connectivity index (χ0) is 50.9. The highest BCUT2D eigenvalue weighted by Gasteiger charge is 2.65. The molecule has 4 aliphatic rings. The van der Waals surface area contributed by atoms with Gasteiger partial charge in [-0.05, 0) is 138 Å². The lowest BCUT2D eigenvalue weighted by atomic mass is 9.55. The molecule has 2 N–H and O–H groups in total. The van der Waals surface area contributed by atoms with Gasteiger partial charge < -0.3 is 38.9 Å². The highest BCUT2D eigenvalue weighted by Crippen LogP contribution is 2.62. The second-order valence-corrected chi connectivity index (χ2v) is 19.9. The molecule has 7 atom stereocenters. The summed E-state index contributed by atoms with van der Waals surface area (Å²) in [5, 5.41) is 37.2. The molecule has 2 aliphatic heterocycles. The van der Waals surface area contributed by atoms with Crippen molar-refractivity contribution >= 4 is 22.4 Å². The van der Waals surface area contributed by atoms with E-state index in [2.05, 4.69) is 73.3 Å². The molecule has 0 aromatic heterocycles. The highest BCUT2D eigenvalue weighted by atomic mass is 16.8. The number of hydrogen-bond donors (Lipinski definition) is 2. The number of benzene rings is 6. The first-order valence-corrected chi connectivity index (χ1v) is 26.4. The molecule has 1 unspecified atom stereocenters. The minimum atomic E-state index is -1.51. The third kappa shape index (κ3) is 10.6.